The largest absolute Gasteiger partial charge is 0.366 e. The van der Waals surface area contributed by atoms with Gasteiger partial charge in [-0.25, -0.2) is 0 Å². The minimum atomic E-state index is -0.495. The second-order valence-electron chi connectivity index (χ2n) is 7.47. The van der Waals surface area contributed by atoms with Gasteiger partial charge in [0.1, 0.15) is 0 Å². The number of nitrogens with zero attached hydrogens (tertiary/aromatic N) is 3. The normalized spacial score (nSPS) is 15.0. The maximum Gasteiger partial charge on any atom is 0.248 e. The summed E-state index contributed by atoms with van der Waals surface area (Å²) in [5.41, 5.74) is 7.03. The van der Waals surface area contributed by atoms with E-state index in [0.717, 1.165) is 31.5 Å². The quantitative estimate of drug-likeness (QED) is 0.608. The summed E-state index contributed by atoms with van der Waals surface area (Å²) in [4.78, 5) is 30.3. The van der Waals surface area contributed by atoms with Crippen molar-refractivity contribution in [3.63, 3.8) is 0 Å². The smallest absolute Gasteiger partial charge is 0.248 e. The van der Waals surface area contributed by atoms with E-state index in [1.165, 1.54) is 0 Å². The molecule has 1 aliphatic heterocycles. The van der Waals surface area contributed by atoms with E-state index in [1.807, 2.05) is 18.2 Å². The standard InChI is InChI=1S/C22H22ClN5O3/c23-18-4-2-1-3-17(18)21-26-19(31-27-21)13-28-11-9-15(10-12-28)22(30)25-16-7-5-14(6-8-16)20(24)29/h1-8,15H,9-13H2,(H2,24,29)(H,25,30). The number of nitrogens with one attached hydrogen (secondary N) is 1. The molecule has 160 valence electrons. The van der Waals surface area contributed by atoms with Gasteiger partial charge in [-0.2, -0.15) is 4.98 Å². The van der Waals surface area contributed by atoms with Crippen molar-refractivity contribution in [2.24, 2.45) is 11.7 Å². The molecule has 2 heterocycles. The second kappa shape index (κ2) is 9.28. The Balaban J connectivity index is 1.28. The fraction of sp³-hybridized carbons (Fsp3) is 0.273. The third-order valence-corrected chi connectivity index (χ3v) is 5.67. The number of aromatic nitrogens is 2. The molecule has 1 fully saturated rings. The molecule has 1 saturated heterocycles. The van der Waals surface area contributed by atoms with E-state index in [4.69, 9.17) is 21.9 Å². The van der Waals surface area contributed by atoms with Crippen molar-refractivity contribution in [1.29, 1.82) is 0 Å². The molecule has 2 amide bonds. The number of amides is 2. The number of likely N-dealkylation sites (tertiary alicyclic amines) is 1. The third-order valence-electron chi connectivity index (χ3n) is 5.34. The van der Waals surface area contributed by atoms with E-state index in [-0.39, 0.29) is 11.8 Å². The predicted octanol–water partition coefficient (Wildman–Crippen LogP) is 3.34. The molecule has 4 rings (SSSR count). The summed E-state index contributed by atoms with van der Waals surface area (Å²) in [7, 11) is 0. The highest BCUT2D eigenvalue weighted by Crippen LogP contribution is 2.26. The van der Waals surface area contributed by atoms with Crippen molar-refractivity contribution >= 4 is 29.1 Å². The summed E-state index contributed by atoms with van der Waals surface area (Å²) in [6.07, 6.45) is 1.47. The van der Waals surface area contributed by atoms with Crippen LogP contribution in [0.1, 0.15) is 29.1 Å². The lowest BCUT2D eigenvalue weighted by Crippen LogP contribution is -2.37. The van der Waals surface area contributed by atoms with Crippen LogP contribution in [-0.2, 0) is 11.3 Å². The number of anilines is 1. The van der Waals surface area contributed by atoms with E-state index >= 15 is 0 Å². The first kappa shape index (κ1) is 21.0. The van der Waals surface area contributed by atoms with Crippen molar-refractivity contribution in [2.75, 3.05) is 18.4 Å². The molecule has 31 heavy (non-hydrogen) atoms. The average molecular weight is 440 g/mol. The number of hydrogen-bond donors (Lipinski definition) is 2. The molecule has 0 unspecified atom stereocenters. The molecule has 2 aromatic carbocycles. The van der Waals surface area contributed by atoms with E-state index in [9.17, 15) is 9.59 Å². The highest BCUT2D eigenvalue weighted by molar-refractivity contribution is 6.33. The van der Waals surface area contributed by atoms with Gasteiger partial charge in [0.25, 0.3) is 0 Å². The highest BCUT2D eigenvalue weighted by atomic mass is 35.5. The minimum absolute atomic E-state index is 0.0229. The van der Waals surface area contributed by atoms with Crippen LogP contribution < -0.4 is 11.1 Å². The Morgan fingerprint density at radius 1 is 1.13 bits per heavy atom. The van der Waals surface area contributed by atoms with Gasteiger partial charge in [-0.1, -0.05) is 28.9 Å². The number of piperidine rings is 1. The number of carbonyl (C=O) groups is 2. The number of benzene rings is 2. The molecule has 8 nitrogen and oxygen atoms in total. The summed E-state index contributed by atoms with van der Waals surface area (Å²) in [5.74, 6) is 0.397. The first-order valence-corrected chi connectivity index (χ1v) is 10.4. The molecular weight excluding hydrogens is 418 g/mol. The Kier molecular flexibility index (Phi) is 6.29. The average Bonchev–Trinajstić information content (AvgIpc) is 3.23. The lowest BCUT2D eigenvalue weighted by molar-refractivity contribution is -0.121. The SMILES string of the molecule is NC(=O)c1ccc(NC(=O)C2CCN(Cc3nc(-c4ccccc4Cl)no3)CC2)cc1. The number of rotatable bonds is 6. The van der Waals surface area contributed by atoms with E-state index in [1.54, 1.807) is 30.3 Å². The summed E-state index contributed by atoms with van der Waals surface area (Å²) in [5, 5.41) is 7.51. The zero-order valence-corrected chi connectivity index (χ0v) is 17.5. The van der Waals surface area contributed by atoms with Gasteiger partial charge in [-0.3, -0.25) is 14.5 Å². The van der Waals surface area contributed by atoms with Crippen LogP contribution >= 0.6 is 11.6 Å². The minimum Gasteiger partial charge on any atom is -0.366 e. The fourth-order valence-corrected chi connectivity index (χ4v) is 3.80. The number of nitrogens with two attached hydrogens (primary N) is 1. The van der Waals surface area contributed by atoms with Crippen molar-refractivity contribution in [2.45, 2.75) is 19.4 Å². The lowest BCUT2D eigenvalue weighted by atomic mass is 9.96. The number of halogens is 1. The zero-order chi connectivity index (χ0) is 21.8. The molecule has 3 aromatic rings. The molecule has 1 aromatic heterocycles. The molecule has 9 heteroatoms. The molecule has 1 aliphatic rings. The first-order valence-electron chi connectivity index (χ1n) is 10.00. The summed E-state index contributed by atoms with van der Waals surface area (Å²) in [6.45, 7) is 2.03. The molecular formula is C22H22ClN5O3. The Hall–Kier alpha value is -3.23. The van der Waals surface area contributed by atoms with Gasteiger partial charge in [0.15, 0.2) is 0 Å². The van der Waals surface area contributed by atoms with Crippen LogP contribution in [-0.4, -0.2) is 39.9 Å². The Bertz CT molecular complexity index is 1070. The van der Waals surface area contributed by atoms with Crippen LogP contribution in [0.25, 0.3) is 11.4 Å². The number of carbonyl (C=O) groups excluding carboxylic acids is 2. The molecule has 0 spiro atoms. The van der Waals surface area contributed by atoms with Gasteiger partial charge in [0.05, 0.1) is 11.6 Å². The summed E-state index contributed by atoms with van der Waals surface area (Å²) in [6, 6.07) is 13.9. The highest BCUT2D eigenvalue weighted by Gasteiger charge is 2.26. The predicted molar refractivity (Wildman–Crippen MR) is 116 cm³/mol. The maximum absolute atomic E-state index is 12.6. The molecule has 3 N–H and O–H groups in total. The van der Waals surface area contributed by atoms with E-state index < -0.39 is 5.91 Å². The van der Waals surface area contributed by atoms with E-state index in [0.29, 0.717) is 34.5 Å². The van der Waals surface area contributed by atoms with Gasteiger partial charge in [-0.05, 0) is 62.3 Å². The Morgan fingerprint density at radius 2 is 1.84 bits per heavy atom. The maximum atomic E-state index is 12.6. The van der Waals surface area contributed by atoms with Crippen molar-refractivity contribution in [3.05, 3.63) is 65.0 Å². The molecule has 0 bridgehead atoms. The van der Waals surface area contributed by atoms with Crippen molar-refractivity contribution < 1.29 is 14.1 Å². The third kappa shape index (κ3) is 5.10. The van der Waals surface area contributed by atoms with Gasteiger partial charge >= 0.3 is 0 Å². The summed E-state index contributed by atoms with van der Waals surface area (Å²) >= 11 is 6.19. The molecule has 0 atom stereocenters. The molecule has 0 aliphatic carbocycles. The van der Waals surface area contributed by atoms with Crippen LogP contribution in [0, 0.1) is 5.92 Å². The number of primary amides is 1. The topological polar surface area (TPSA) is 114 Å². The van der Waals surface area contributed by atoms with Crippen LogP contribution in [0.5, 0.6) is 0 Å². The Labute approximate surface area is 184 Å². The zero-order valence-electron chi connectivity index (χ0n) is 16.8. The van der Waals surface area contributed by atoms with Crippen molar-refractivity contribution in [3.8, 4) is 11.4 Å². The number of hydrogen-bond acceptors (Lipinski definition) is 6. The first-order chi connectivity index (χ1) is 15.0. The van der Waals surface area contributed by atoms with Crippen molar-refractivity contribution in [1.82, 2.24) is 15.0 Å². The lowest BCUT2D eigenvalue weighted by Gasteiger charge is -2.30. The van der Waals surface area contributed by atoms with Gasteiger partial charge in [0, 0.05) is 22.7 Å². The van der Waals surface area contributed by atoms with Gasteiger partial charge in [0.2, 0.25) is 23.5 Å². The fourth-order valence-electron chi connectivity index (χ4n) is 3.58. The van der Waals surface area contributed by atoms with Crippen LogP contribution in [0.15, 0.2) is 53.1 Å². The van der Waals surface area contributed by atoms with Gasteiger partial charge < -0.3 is 15.6 Å². The molecule has 0 saturated carbocycles. The van der Waals surface area contributed by atoms with Crippen LogP contribution in [0.4, 0.5) is 5.69 Å². The second-order valence-corrected chi connectivity index (χ2v) is 7.88. The monoisotopic (exact) mass is 439 g/mol. The van der Waals surface area contributed by atoms with E-state index in [2.05, 4.69) is 20.4 Å². The molecule has 0 radical (unpaired) electrons. The van der Waals surface area contributed by atoms with Crippen LogP contribution in [0.3, 0.4) is 0 Å². The van der Waals surface area contributed by atoms with Crippen LogP contribution in [0.2, 0.25) is 5.02 Å². The Morgan fingerprint density at radius 3 is 2.52 bits per heavy atom. The van der Waals surface area contributed by atoms with Gasteiger partial charge in [-0.15, -0.1) is 0 Å². The summed E-state index contributed by atoms with van der Waals surface area (Å²) < 4.78 is 5.38.